The number of nitrogens with one attached hydrogen (secondary N) is 1. The second kappa shape index (κ2) is 7.46. The van der Waals surface area contributed by atoms with E-state index >= 15 is 0 Å². The van der Waals surface area contributed by atoms with E-state index in [-0.39, 0.29) is 31.1 Å². The molecule has 1 heterocycles. The summed E-state index contributed by atoms with van der Waals surface area (Å²) >= 11 is 5.53. The summed E-state index contributed by atoms with van der Waals surface area (Å²) in [5.41, 5.74) is -1.42. The lowest BCUT2D eigenvalue weighted by atomic mass is 10.0. The van der Waals surface area contributed by atoms with E-state index in [1.165, 1.54) is 4.90 Å². The Bertz CT molecular complexity index is 526. The molecule has 0 unspecified atom stereocenters. The van der Waals surface area contributed by atoms with Crippen molar-refractivity contribution in [3.05, 3.63) is 34.3 Å². The molecule has 2 rings (SSSR count). The highest BCUT2D eigenvalue weighted by Gasteiger charge is 2.45. The van der Waals surface area contributed by atoms with Gasteiger partial charge in [-0.1, -0.05) is 17.7 Å². The second-order valence-electron chi connectivity index (χ2n) is 4.97. The highest BCUT2D eigenvalue weighted by Crippen LogP contribution is 2.41. The van der Waals surface area contributed by atoms with Gasteiger partial charge in [0, 0.05) is 26.2 Å². The number of benzene rings is 1. The van der Waals surface area contributed by atoms with Gasteiger partial charge in [0.15, 0.2) is 0 Å². The minimum Gasteiger partial charge on any atom is -0.314 e. The van der Waals surface area contributed by atoms with Crippen molar-refractivity contribution < 1.29 is 26.3 Å². The van der Waals surface area contributed by atoms with Gasteiger partial charge >= 0.3 is 12.4 Å². The number of hydrogen-bond donors (Lipinski definition) is 1. The lowest BCUT2D eigenvalue weighted by Gasteiger charge is -2.36. The van der Waals surface area contributed by atoms with Crippen LogP contribution in [0.3, 0.4) is 0 Å². The van der Waals surface area contributed by atoms with E-state index in [2.05, 4.69) is 5.32 Å². The van der Waals surface area contributed by atoms with Crippen molar-refractivity contribution in [2.75, 3.05) is 26.2 Å². The van der Waals surface area contributed by atoms with Crippen molar-refractivity contribution in [2.45, 2.75) is 18.4 Å². The molecule has 0 aromatic heterocycles. The van der Waals surface area contributed by atoms with Crippen LogP contribution in [0.1, 0.15) is 17.2 Å². The van der Waals surface area contributed by atoms with Crippen molar-refractivity contribution in [3.63, 3.8) is 0 Å². The topological polar surface area (TPSA) is 15.3 Å². The van der Waals surface area contributed by atoms with Crippen molar-refractivity contribution >= 4 is 24.0 Å². The monoisotopic (exact) mass is 382 g/mol. The van der Waals surface area contributed by atoms with Crippen LogP contribution in [0.5, 0.6) is 0 Å². The van der Waals surface area contributed by atoms with Gasteiger partial charge in [-0.15, -0.1) is 12.4 Å². The molecule has 0 spiro atoms. The van der Waals surface area contributed by atoms with Crippen LogP contribution >= 0.6 is 24.0 Å². The number of nitrogens with zero attached hydrogens (tertiary/aromatic N) is 1. The van der Waals surface area contributed by atoms with Crippen LogP contribution in [0, 0.1) is 0 Å². The zero-order valence-corrected chi connectivity index (χ0v) is 13.2. The highest BCUT2D eigenvalue weighted by atomic mass is 35.5. The van der Waals surface area contributed by atoms with E-state index in [9.17, 15) is 26.3 Å². The molecule has 1 N–H and O–H groups in total. The summed E-state index contributed by atoms with van der Waals surface area (Å²) in [5, 5.41) is 2.20. The van der Waals surface area contributed by atoms with Crippen LogP contribution in [0.4, 0.5) is 26.3 Å². The van der Waals surface area contributed by atoms with Gasteiger partial charge in [-0.05, 0) is 17.7 Å². The first kappa shape index (κ1) is 20.3. The molecule has 0 bridgehead atoms. The quantitative estimate of drug-likeness (QED) is 0.767. The molecule has 1 aromatic rings. The molecule has 0 saturated carbocycles. The summed E-state index contributed by atoms with van der Waals surface area (Å²) in [4.78, 5) is 1.19. The Morgan fingerprint density at radius 2 is 1.61 bits per heavy atom. The minimum absolute atomic E-state index is 0. The first-order valence-electron chi connectivity index (χ1n) is 6.49. The zero-order chi connectivity index (χ0) is 16.5. The molecular weight excluding hydrogens is 369 g/mol. The van der Waals surface area contributed by atoms with Gasteiger partial charge in [0.1, 0.15) is 6.04 Å². The molecule has 2 nitrogen and oxygen atoms in total. The lowest BCUT2D eigenvalue weighted by molar-refractivity contribution is -0.187. The predicted octanol–water partition coefficient (Wildman–Crippen LogP) is 4.29. The molecular formula is C13H14Cl2F6N2. The van der Waals surface area contributed by atoms with Crippen LogP contribution in [0.25, 0.3) is 0 Å². The van der Waals surface area contributed by atoms with Crippen molar-refractivity contribution in [3.8, 4) is 0 Å². The third kappa shape index (κ3) is 4.89. The molecule has 1 aromatic carbocycles. The maximum atomic E-state index is 13.3. The Balaban J connectivity index is 0.00000264. The van der Waals surface area contributed by atoms with Crippen LogP contribution in [0.2, 0.25) is 5.02 Å². The lowest BCUT2D eigenvalue weighted by Crippen LogP contribution is -2.49. The zero-order valence-electron chi connectivity index (χ0n) is 11.6. The Hall–Kier alpha value is -0.700. The van der Waals surface area contributed by atoms with E-state index < -0.39 is 29.0 Å². The molecule has 132 valence electrons. The van der Waals surface area contributed by atoms with Gasteiger partial charge in [0.25, 0.3) is 0 Å². The number of hydrogen-bond acceptors (Lipinski definition) is 2. The van der Waals surface area contributed by atoms with Gasteiger partial charge in [0.2, 0.25) is 0 Å². The largest absolute Gasteiger partial charge is 0.417 e. The predicted molar refractivity (Wildman–Crippen MR) is 76.9 cm³/mol. The molecule has 23 heavy (non-hydrogen) atoms. The first-order chi connectivity index (χ1) is 10.1. The number of alkyl halides is 6. The Morgan fingerprint density at radius 3 is 2.04 bits per heavy atom. The molecule has 1 saturated heterocycles. The van der Waals surface area contributed by atoms with Gasteiger partial charge in [-0.25, -0.2) is 0 Å². The summed E-state index contributed by atoms with van der Waals surface area (Å²) in [7, 11) is 0. The fourth-order valence-corrected chi connectivity index (χ4v) is 2.77. The normalized spacial score (nSPS) is 18.4. The fraction of sp³-hybridized carbons (Fsp3) is 0.538. The molecule has 1 fully saturated rings. The standard InChI is InChI=1S/C13H13ClF6N2.ClH/c14-10-7-8(1-2-9(10)12(15,16)17)11(13(18,19)20)22-5-3-21-4-6-22;/h1-2,7,11,21H,3-6H2;1H/t11-;/m1./s1. The molecule has 10 heteroatoms. The number of halogens is 8. The summed E-state index contributed by atoms with van der Waals surface area (Å²) in [6, 6.07) is 0.229. The molecule has 1 aliphatic heterocycles. The van der Waals surface area contributed by atoms with E-state index in [4.69, 9.17) is 11.6 Å². The minimum atomic E-state index is -4.70. The van der Waals surface area contributed by atoms with Gasteiger partial charge in [-0.3, -0.25) is 4.90 Å². The van der Waals surface area contributed by atoms with Crippen molar-refractivity contribution in [1.82, 2.24) is 10.2 Å². The first-order valence-corrected chi connectivity index (χ1v) is 6.86. The summed E-state index contributed by atoms with van der Waals surface area (Å²) in [6.07, 6.45) is -9.29. The van der Waals surface area contributed by atoms with E-state index in [1.807, 2.05) is 0 Å². The van der Waals surface area contributed by atoms with E-state index in [0.717, 1.165) is 12.1 Å². The van der Waals surface area contributed by atoms with Crippen LogP contribution < -0.4 is 5.32 Å². The molecule has 0 amide bonds. The Morgan fingerprint density at radius 1 is 1.04 bits per heavy atom. The molecule has 0 aliphatic carbocycles. The smallest absolute Gasteiger partial charge is 0.314 e. The second-order valence-corrected chi connectivity index (χ2v) is 5.37. The fourth-order valence-electron chi connectivity index (χ4n) is 2.48. The number of piperazine rings is 1. The summed E-state index contributed by atoms with van der Waals surface area (Å²) in [6.45, 7) is 1.09. The average Bonchev–Trinajstić information content (AvgIpc) is 2.37. The maximum absolute atomic E-state index is 13.3. The third-order valence-electron chi connectivity index (χ3n) is 3.44. The highest BCUT2D eigenvalue weighted by molar-refractivity contribution is 6.31. The maximum Gasteiger partial charge on any atom is 0.417 e. The molecule has 1 atom stereocenters. The van der Waals surface area contributed by atoms with E-state index in [1.54, 1.807) is 0 Å². The Labute approximate surface area is 140 Å². The summed E-state index contributed by atoms with van der Waals surface area (Å²) in [5.74, 6) is 0. The van der Waals surface area contributed by atoms with Crippen LogP contribution in [-0.4, -0.2) is 37.3 Å². The Kier molecular flexibility index (Phi) is 6.60. The van der Waals surface area contributed by atoms with Gasteiger partial charge in [-0.2, -0.15) is 26.3 Å². The molecule has 0 radical (unpaired) electrons. The number of rotatable bonds is 2. The van der Waals surface area contributed by atoms with Crippen molar-refractivity contribution in [2.24, 2.45) is 0 Å². The third-order valence-corrected chi connectivity index (χ3v) is 3.75. The van der Waals surface area contributed by atoms with Gasteiger partial charge in [0.05, 0.1) is 10.6 Å². The van der Waals surface area contributed by atoms with Crippen LogP contribution in [-0.2, 0) is 6.18 Å². The van der Waals surface area contributed by atoms with E-state index in [0.29, 0.717) is 19.2 Å². The SMILES string of the molecule is Cl.FC(F)(F)c1ccc([C@@H](N2CCNCC2)C(F)(F)F)cc1Cl. The molecule has 1 aliphatic rings. The van der Waals surface area contributed by atoms with Crippen molar-refractivity contribution in [1.29, 1.82) is 0 Å². The average molecular weight is 383 g/mol. The van der Waals surface area contributed by atoms with Crippen LogP contribution in [0.15, 0.2) is 18.2 Å². The summed E-state index contributed by atoms with van der Waals surface area (Å²) < 4.78 is 77.9. The van der Waals surface area contributed by atoms with Gasteiger partial charge < -0.3 is 5.32 Å².